The predicted octanol–water partition coefficient (Wildman–Crippen LogP) is 4.87. The molecule has 0 aliphatic rings. The zero-order valence-electron chi connectivity index (χ0n) is 19.1. The first-order chi connectivity index (χ1) is 14.7. The Labute approximate surface area is 189 Å². The summed E-state index contributed by atoms with van der Waals surface area (Å²) >= 11 is 1.54. The third-order valence-electron chi connectivity index (χ3n) is 4.89. The first-order valence-electron chi connectivity index (χ1n) is 10.6. The number of halogens is 1. The van der Waals surface area contributed by atoms with Crippen LogP contribution in [0, 0.1) is 25.6 Å². The standard InChI is InChI=1S/C25H33FN2O2S/c1-17(2)13-27-25(30)20(5)28(14-21-6-8-23(26)9-7-21)24(29)16-31-15-22-11-18(3)10-19(4)12-22/h6-12,17,20H,13-16H2,1-5H3,(H,27,30)/t20-/m0/s1. The van der Waals surface area contributed by atoms with E-state index in [4.69, 9.17) is 0 Å². The Hall–Kier alpha value is -2.34. The Morgan fingerprint density at radius 2 is 1.61 bits per heavy atom. The van der Waals surface area contributed by atoms with Crippen LogP contribution in [0.5, 0.6) is 0 Å². The van der Waals surface area contributed by atoms with E-state index >= 15 is 0 Å². The van der Waals surface area contributed by atoms with E-state index in [0.29, 0.717) is 12.5 Å². The average molecular weight is 445 g/mol. The van der Waals surface area contributed by atoms with Crippen molar-refractivity contribution in [2.75, 3.05) is 12.3 Å². The molecule has 0 bridgehead atoms. The van der Waals surface area contributed by atoms with Gasteiger partial charge in [0.25, 0.3) is 0 Å². The van der Waals surface area contributed by atoms with Gasteiger partial charge in [-0.25, -0.2) is 4.39 Å². The number of thioether (sulfide) groups is 1. The van der Waals surface area contributed by atoms with Gasteiger partial charge in [-0.3, -0.25) is 9.59 Å². The number of nitrogens with one attached hydrogen (secondary N) is 1. The zero-order valence-corrected chi connectivity index (χ0v) is 19.9. The number of amides is 2. The van der Waals surface area contributed by atoms with E-state index in [1.165, 1.54) is 40.6 Å². The number of carbonyl (C=O) groups excluding carboxylic acids is 2. The van der Waals surface area contributed by atoms with Gasteiger partial charge in [-0.15, -0.1) is 11.8 Å². The molecule has 0 radical (unpaired) electrons. The summed E-state index contributed by atoms with van der Waals surface area (Å²) in [5.41, 5.74) is 4.38. The average Bonchev–Trinajstić information content (AvgIpc) is 2.70. The number of benzene rings is 2. The van der Waals surface area contributed by atoms with Gasteiger partial charge in [-0.2, -0.15) is 0 Å². The molecule has 0 saturated carbocycles. The second-order valence-corrected chi connectivity index (χ2v) is 9.44. The Balaban J connectivity index is 2.06. The van der Waals surface area contributed by atoms with Crippen LogP contribution in [0.2, 0.25) is 0 Å². The minimum Gasteiger partial charge on any atom is -0.354 e. The van der Waals surface area contributed by atoms with Gasteiger partial charge < -0.3 is 10.2 Å². The molecular weight excluding hydrogens is 411 g/mol. The second-order valence-electron chi connectivity index (χ2n) is 8.45. The van der Waals surface area contributed by atoms with E-state index in [1.807, 2.05) is 13.8 Å². The summed E-state index contributed by atoms with van der Waals surface area (Å²) in [6, 6.07) is 11.8. The molecule has 31 heavy (non-hydrogen) atoms. The SMILES string of the molecule is Cc1cc(C)cc(CSCC(=O)N(Cc2ccc(F)cc2)[C@@H](C)C(=O)NCC(C)C)c1. The number of carbonyl (C=O) groups is 2. The molecule has 0 aliphatic carbocycles. The van der Waals surface area contributed by atoms with Crippen LogP contribution >= 0.6 is 11.8 Å². The van der Waals surface area contributed by atoms with Crippen LogP contribution in [0.25, 0.3) is 0 Å². The molecule has 0 unspecified atom stereocenters. The van der Waals surface area contributed by atoms with Crippen molar-refractivity contribution < 1.29 is 14.0 Å². The molecule has 168 valence electrons. The van der Waals surface area contributed by atoms with Gasteiger partial charge in [0.15, 0.2) is 0 Å². The van der Waals surface area contributed by atoms with Crippen molar-refractivity contribution >= 4 is 23.6 Å². The third kappa shape index (κ3) is 8.37. The van der Waals surface area contributed by atoms with Gasteiger partial charge in [0.2, 0.25) is 11.8 Å². The van der Waals surface area contributed by atoms with E-state index in [2.05, 4.69) is 37.4 Å². The minimum atomic E-state index is -0.613. The highest BCUT2D eigenvalue weighted by molar-refractivity contribution is 7.99. The lowest BCUT2D eigenvalue weighted by molar-refractivity contribution is -0.138. The van der Waals surface area contributed by atoms with Crippen molar-refractivity contribution in [1.29, 1.82) is 0 Å². The maximum atomic E-state index is 13.3. The van der Waals surface area contributed by atoms with Crippen molar-refractivity contribution in [2.45, 2.75) is 53.0 Å². The lowest BCUT2D eigenvalue weighted by Crippen LogP contribution is -2.48. The molecule has 6 heteroatoms. The molecule has 1 N–H and O–H groups in total. The molecule has 0 fully saturated rings. The summed E-state index contributed by atoms with van der Waals surface area (Å²) in [6.07, 6.45) is 0. The topological polar surface area (TPSA) is 49.4 Å². The van der Waals surface area contributed by atoms with E-state index < -0.39 is 6.04 Å². The van der Waals surface area contributed by atoms with Crippen LogP contribution in [-0.2, 0) is 21.9 Å². The highest BCUT2D eigenvalue weighted by Crippen LogP contribution is 2.18. The summed E-state index contributed by atoms with van der Waals surface area (Å²) in [4.78, 5) is 27.3. The fraction of sp³-hybridized carbons (Fsp3) is 0.440. The Kier molecular flexibility index (Phi) is 9.56. The highest BCUT2D eigenvalue weighted by atomic mass is 32.2. The second kappa shape index (κ2) is 11.9. The third-order valence-corrected chi connectivity index (χ3v) is 5.88. The van der Waals surface area contributed by atoms with Crippen LogP contribution in [0.4, 0.5) is 4.39 Å². The fourth-order valence-corrected chi connectivity index (χ4v) is 4.16. The monoisotopic (exact) mass is 444 g/mol. The van der Waals surface area contributed by atoms with Gasteiger partial charge in [0, 0.05) is 18.8 Å². The summed E-state index contributed by atoms with van der Waals surface area (Å²) < 4.78 is 13.3. The van der Waals surface area contributed by atoms with Crippen LogP contribution in [0.3, 0.4) is 0 Å². The number of hydrogen-bond donors (Lipinski definition) is 1. The Morgan fingerprint density at radius 3 is 2.19 bits per heavy atom. The van der Waals surface area contributed by atoms with E-state index in [0.717, 1.165) is 11.3 Å². The highest BCUT2D eigenvalue weighted by Gasteiger charge is 2.26. The van der Waals surface area contributed by atoms with E-state index in [9.17, 15) is 14.0 Å². The van der Waals surface area contributed by atoms with E-state index in [-0.39, 0.29) is 29.9 Å². The number of rotatable bonds is 10. The Morgan fingerprint density at radius 1 is 1.00 bits per heavy atom. The van der Waals surface area contributed by atoms with Gasteiger partial charge in [-0.05, 0) is 49.9 Å². The molecular formula is C25H33FN2O2S. The summed E-state index contributed by atoms with van der Waals surface area (Å²) in [5.74, 6) is 0.719. The summed E-state index contributed by atoms with van der Waals surface area (Å²) in [7, 11) is 0. The molecule has 1 atom stereocenters. The van der Waals surface area contributed by atoms with Crippen molar-refractivity contribution in [2.24, 2.45) is 5.92 Å². The van der Waals surface area contributed by atoms with Crippen molar-refractivity contribution in [3.05, 3.63) is 70.5 Å². The predicted molar refractivity (Wildman–Crippen MR) is 126 cm³/mol. The van der Waals surface area contributed by atoms with Crippen molar-refractivity contribution in [1.82, 2.24) is 10.2 Å². The number of aryl methyl sites for hydroxylation is 2. The molecule has 2 amide bonds. The van der Waals surface area contributed by atoms with Gasteiger partial charge >= 0.3 is 0 Å². The zero-order chi connectivity index (χ0) is 23.0. The molecule has 2 aromatic rings. The lowest BCUT2D eigenvalue weighted by Gasteiger charge is -2.29. The maximum absolute atomic E-state index is 13.3. The first kappa shape index (κ1) is 24.9. The van der Waals surface area contributed by atoms with Gasteiger partial charge in [0.05, 0.1) is 5.75 Å². The molecule has 0 aromatic heterocycles. The molecule has 0 heterocycles. The number of hydrogen-bond acceptors (Lipinski definition) is 3. The largest absolute Gasteiger partial charge is 0.354 e. The molecule has 0 aliphatic heterocycles. The molecule has 2 rings (SSSR count). The molecule has 4 nitrogen and oxygen atoms in total. The summed E-state index contributed by atoms with van der Waals surface area (Å²) in [5, 5.41) is 2.91. The quantitative estimate of drug-likeness (QED) is 0.569. The number of nitrogens with zero attached hydrogens (tertiary/aromatic N) is 1. The van der Waals surface area contributed by atoms with Gasteiger partial charge in [-0.1, -0.05) is 55.3 Å². The Bertz CT molecular complexity index is 863. The van der Waals surface area contributed by atoms with E-state index in [1.54, 1.807) is 24.0 Å². The molecule has 2 aromatic carbocycles. The van der Waals surface area contributed by atoms with Crippen LogP contribution in [0.1, 0.15) is 43.0 Å². The molecule has 0 saturated heterocycles. The normalized spacial score (nSPS) is 12.0. The smallest absolute Gasteiger partial charge is 0.242 e. The van der Waals surface area contributed by atoms with Crippen LogP contribution in [-0.4, -0.2) is 35.1 Å². The van der Waals surface area contributed by atoms with Crippen molar-refractivity contribution in [3.8, 4) is 0 Å². The fourth-order valence-electron chi connectivity index (χ4n) is 3.31. The molecule has 0 spiro atoms. The minimum absolute atomic E-state index is 0.106. The first-order valence-corrected chi connectivity index (χ1v) is 11.8. The maximum Gasteiger partial charge on any atom is 0.242 e. The lowest BCUT2D eigenvalue weighted by atomic mass is 10.1. The van der Waals surface area contributed by atoms with Gasteiger partial charge in [0.1, 0.15) is 11.9 Å². The van der Waals surface area contributed by atoms with Crippen LogP contribution in [0.15, 0.2) is 42.5 Å². The van der Waals surface area contributed by atoms with Crippen molar-refractivity contribution in [3.63, 3.8) is 0 Å². The van der Waals surface area contributed by atoms with Crippen LogP contribution < -0.4 is 5.32 Å². The summed E-state index contributed by atoms with van der Waals surface area (Å²) in [6.45, 7) is 10.7.